The number of aromatic carboxylic acids is 1. The monoisotopic (exact) mass is 282 g/mol. The highest BCUT2D eigenvalue weighted by Gasteiger charge is 2.25. The molecule has 106 valence electrons. The van der Waals surface area contributed by atoms with Crippen molar-refractivity contribution in [2.24, 2.45) is 0 Å². The van der Waals surface area contributed by atoms with Crippen molar-refractivity contribution in [1.29, 1.82) is 0 Å². The van der Waals surface area contributed by atoms with Crippen molar-refractivity contribution in [2.75, 3.05) is 18.1 Å². The summed E-state index contributed by atoms with van der Waals surface area (Å²) in [6.07, 6.45) is 5.80. The fourth-order valence-electron chi connectivity index (χ4n) is 2.07. The van der Waals surface area contributed by atoms with E-state index in [1.807, 2.05) is 11.8 Å². The van der Waals surface area contributed by atoms with Crippen LogP contribution in [-0.2, 0) is 0 Å². The topological polar surface area (TPSA) is 62.2 Å². The van der Waals surface area contributed by atoms with Crippen LogP contribution in [0.25, 0.3) is 0 Å². The Balaban J connectivity index is 2.95. The molecule has 1 aromatic heterocycles. The quantitative estimate of drug-likeness (QED) is 0.802. The maximum atomic E-state index is 11.3. The number of thioether (sulfide) groups is 1. The Labute approximate surface area is 119 Å². The van der Waals surface area contributed by atoms with Gasteiger partial charge in [-0.1, -0.05) is 13.8 Å². The third kappa shape index (κ3) is 3.62. The molecule has 5 heteroatoms. The SMILES string of the molecule is CCC(CC)(CNc1nccc(C)c1C(=O)O)SC. The first-order valence-corrected chi connectivity index (χ1v) is 7.70. The summed E-state index contributed by atoms with van der Waals surface area (Å²) in [5, 5.41) is 12.5. The second-order valence-corrected chi connectivity index (χ2v) is 5.88. The number of aromatic nitrogens is 1. The zero-order valence-corrected chi connectivity index (χ0v) is 12.8. The van der Waals surface area contributed by atoms with Crippen LogP contribution in [0.15, 0.2) is 12.3 Å². The number of pyridine rings is 1. The molecule has 0 bridgehead atoms. The van der Waals surface area contributed by atoms with Gasteiger partial charge < -0.3 is 10.4 Å². The van der Waals surface area contributed by atoms with Crippen LogP contribution in [0.5, 0.6) is 0 Å². The van der Waals surface area contributed by atoms with Crippen LogP contribution in [0, 0.1) is 6.92 Å². The fraction of sp³-hybridized carbons (Fsp3) is 0.571. The number of carbonyl (C=O) groups is 1. The molecule has 1 rings (SSSR count). The normalized spacial score (nSPS) is 11.4. The molecule has 1 aromatic rings. The minimum Gasteiger partial charge on any atom is -0.478 e. The Hall–Kier alpha value is -1.23. The first-order valence-electron chi connectivity index (χ1n) is 6.47. The molecule has 0 unspecified atom stereocenters. The molecule has 2 N–H and O–H groups in total. The van der Waals surface area contributed by atoms with Gasteiger partial charge in [-0.15, -0.1) is 0 Å². The third-order valence-corrected chi connectivity index (χ3v) is 5.26. The molecule has 0 aliphatic carbocycles. The van der Waals surface area contributed by atoms with Gasteiger partial charge in [-0.05, 0) is 37.7 Å². The van der Waals surface area contributed by atoms with Crippen LogP contribution in [0.2, 0.25) is 0 Å². The number of anilines is 1. The van der Waals surface area contributed by atoms with Gasteiger partial charge in [-0.25, -0.2) is 9.78 Å². The number of carboxylic acid groups (broad SMARTS) is 1. The molecule has 0 saturated carbocycles. The molecule has 0 saturated heterocycles. The molecule has 0 spiro atoms. The number of hydrogen-bond acceptors (Lipinski definition) is 4. The summed E-state index contributed by atoms with van der Waals surface area (Å²) < 4.78 is 0.126. The largest absolute Gasteiger partial charge is 0.478 e. The smallest absolute Gasteiger partial charge is 0.339 e. The van der Waals surface area contributed by atoms with Crippen molar-refractivity contribution >= 4 is 23.5 Å². The lowest BCUT2D eigenvalue weighted by Gasteiger charge is -2.30. The predicted octanol–water partition coefficient (Wildman–Crippen LogP) is 3.42. The maximum absolute atomic E-state index is 11.3. The summed E-state index contributed by atoms with van der Waals surface area (Å²) >= 11 is 1.82. The van der Waals surface area contributed by atoms with Gasteiger partial charge in [0.05, 0.1) is 0 Å². The van der Waals surface area contributed by atoms with Gasteiger partial charge in [-0.2, -0.15) is 11.8 Å². The number of carboxylic acids is 1. The minimum atomic E-state index is -0.934. The summed E-state index contributed by atoms with van der Waals surface area (Å²) in [5.41, 5.74) is 0.998. The third-order valence-electron chi connectivity index (χ3n) is 3.67. The zero-order chi connectivity index (χ0) is 14.5. The van der Waals surface area contributed by atoms with Gasteiger partial charge in [0.25, 0.3) is 0 Å². The highest BCUT2D eigenvalue weighted by atomic mass is 32.2. The molecule has 0 aliphatic heterocycles. The van der Waals surface area contributed by atoms with Crippen LogP contribution in [0.1, 0.15) is 42.6 Å². The Kier molecular flexibility index (Phi) is 5.66. The van der Waals surface area contributed by atoms with Crippen molar-refractivity contribution in [3.8, 4) is 0 Å². The Morgan fingerprint density at radius 3 is 2.58 bits per heavy atom. The van der Waals surface area contributed by atoms with Crippen LogP contribution < -0.4 is 5.32 Å². The van der Waals surface area contributed by atoms with Gasteiger partial charge in [0.2, 0.25) is 0 Å². The van der Waals surface area contributed by atoms with Crippen molar-refractivity contribution in [3.05, 3.63) is 23.4 Å². The number of rotatable bonds is 7. The first-order chi connectivity index (χ1) is 8.99. The number of aryl methyl sites for hydroxylation is 1. The first kappa shape index (κ1) is 15.8. The molecule has 0 atom stereocenters. The molecule has 0 amide bonds. The van der Waals surface area contributed by atoms with Gasteiger partial charge in [0.15, 0.2) is 0 Å². The van der Waals surface area contributed by atoms with Crippen LogP contribution in [0.4, 0.5) is 5.82 Å². The Morgan fingerprint density at radius 1 is 1.47 bits per heavy atom. The lowest BCUT2D eigenvalue weighted by molar-refractivity contribution is 0.0697. The molecule has 0 aliphatic rings. The summed E-state index contributed by atoms with van der Waals surface area (Å²) in [5.74, 6) is -0.469. The molecule has 1 heterocycles. The fourth-order valence-corrected chi connectivity index (χ4v) is 2.86. The van der Waals surface area contributed by atoms with E-state index in [-0.39, 0.29) is 10.3 Å². The molecule has 4 nitrogen and oxygen atoms in total. The molecule has 0 radical (unpaired) electrons. The molecular formula is C14H22N2O2S. The van der Waals surface area contributed by atoms with E-state index in [9.17, 15) is 9.90 Å². The molecular weight excluding hydrogens is 260 g/mol. The van der Waals surface area contributed by atoms with Gasteiger partial charge >= 0.3 is 5.97 Å². The summed E-state index contributed by atoms with van der Waals surface area (Å²) in [4.78, 5) is 15.5. The van der Waals surface area contributed by atoms with Gasteiger partial charge in [-0.3, -0.25) is 0 Å². The van der Waals surface area contributed by atoms with E-state index in [1.165, 1.54) is 0 Å². The van der Waals surface area contributed by atoms with E-state index in [2.05, 4.69) is 30.4 Å². The van der Waals surface area contributed by atoms with Crippen LogP contribution in [-0.4, -0.2) is 33.6 Å². The van der Waals surface area contributed by atoms with E-state index in [0.717, 1.165) is 24.9 Å². The summed E-state index contributed by atoms with van der Waals surface area (Å²) in [7, 11) is 0. The zero-order valence-electron chi connectivity index (χ0n) is 12.0. The second-order valence-electron chi connectivity index (χ2n) is 4.60. The lowest BCUT2D eigenvalue weighted by atomic mass is 10.0. The van der Waals surface area contributed by atoms with Crippen molar-refractivity contribution < 1.29 is 9.90 Å². The van der Waals surface area contributed by atoms with Crippen molar-refractivity contribution in [1.82, 2.24) is 4.98 Å². The van der Waals surface area contributed by atoms with E-state index in [0.29, 0.717) is 5.82 Å². The Bertz CT molecular complexity index is 437. The predicted molar refractivity (Wildman–Crippen MR) is 81.3 cm³/mol. The van der Waals surface area contributed by atoms with E-state index >= 15 is 0 Å². The Morgan fingerprint density at radius 2 is 2.11 bits per heavy atom. The minimum absolute atomic E-state index is 0.126. The maximum Gasteiger partial charge on any atom is 0.339 e. The van der Waals surface area contributed by atoms with Crippen molar-refractivity contribution in [3.63, 3.8) is 0 Å². The van der Waals surface area contributed by atoms with E-state index in [1.54, 1.807) is 19.2 Å². The van der Waals surface area contributed by atoms with Gasteiger partial charge in [0.1, 0.15) is 11.4 Å². The van der Waals surface area contributed by atoms with Gasteiger partial charge in [0, 0.05) is 17.5 Å². The standard InChI is InChI=1S/C14H22N2O2S/c1-5-14(6-2,19-4)9-16-12-11(13(17)18)10(3)7-8-15-12/h7-8H,5-6,9H2,1-4H3,(H,15,16)(H,17,18). The van der Waals surface area contributed by atoms with E-state index in [4.69, 9.17) is 0 Å². The van der Waals surface area contributed by atoms with Crippen LogP contribution in [0.3, 0.4) is 0 Å². The van der Waals surface area contributed by atoms with Crippen molar-refractivity contribution in [2.45, 2.75) is 38.4 Å². The highest BCUT2D eigenvalue weighted by Crippen LogP contribution is 2.31. The molecule has 19 heavy (non-hydrogen) atoms. The number of hydrogen-bond donors (Lipinski definition) is 2. The van der Waals surface area contributed by atoms with Crippen LogP contribution >= 0.6 is 11.8 Å². The average molecular weight is 282 g/mol. The van der Waals surface area contributed by atoms with E-state index < -0.39 is 5.97 Å². The number of nitrogens with one attached hydrogen (secondary N) is 1. The highest BCUT2D eigenvalue weighted by molar-refractivity contribution is 8.00. The summed E-state index contributed by atoms with van der Waals surface area (Å²) in [6, 6.07) is 1.72. The average Bonchev–Trinajstić information content (AvgIpc) is 2.40. The second kappa shape index (κ2) is 6.80. The lowest BCUT2D eigenvalue weighted by Crippen LogP contribution is -2.32. The molecule has 0 aromatic carbocycles. The summed E-state index contributed by atoms with van der Waals surface area (Å²) in [6.45, 7) is 6.82. The number of nitrogens with zero attached hydrogens (tertiary/aromatic N) is 1. The molecule has 0 fully saturated rings.